The minimum absolute atomic E-state index is 0.0532. The van der Waals surface area contributed by atoms with Crippen molar-refractivity contribution in [3.8, 4) is 11.3 Å². The van der Waals surface area contributed by atoms with Crippen LogP contribution in [-0.2, 0) is 6.18 Å². The van der Waals surface area contributed by atoms with Gasteiger partial charge < -0.3 is 16.5 Å². The van der Waals surface area contributed by atoms with Gasteiger partial charge in [0.1, 0.15) is 12.1 Å². The van der Waals surface area contributed by atoms with Gasteiger partial charge >= 0.3 is 6.18 Å². The van der Waals surface area contributed by atoms with Crippen molar-refractivity contribution in [2.45, 2.75) is 6.18 Å². The van der Waals surface area contributed by atoms with Crippen LogP contribution in [0.25, 0.3) is 11.3 Å². The number of hydrogen-bond acceptors (Lipinski definition) is 5. The molecule has 0 fully saturated rings. The summed E-state index contributed by atoms with van der Waals surface area (Å²) in [5.74, 6) is 0.280. The summed E-state index contributed by atoms with van der Waals surface area (Å²) in [7, 11) is 0. The van der Waals surface area contributed by atoms with Crippen molar-refractivity contribution in [3.63, 3.8) is 0 Å². The van der Waals surface area contributed by atoms with Crippen LogP contribution in [0.3, 0.4) is 0 Å². The quantitative estimate of drug-likeness (QED) is 0.741. The minimum Gasteiger partial charge on any atom is -0.368 e. The number of alkyl halides is 3. The van der Waals surface area contributed by atoms with Gasteiger partial charge in [-0.25, -0.2) is 9.97 Å². The average Bonchev–Trinajstić information content (AvgIpc) is 2.51. The first-order valence-electron chi connectivity index (χ1n) is 6.45. The number of benzene rings is 1. The Labute approximate surface area is 124 Å². The predicted octanol–water partition coefficient (Wildman–Crippen LogP) is 2.53. The molecule has 0 aliphatic heterocycles. The maximum atomic E-state index is 13.1. The number of halogens is 3. The molecule has 0 amide bonds. The highest BCUT2D eigenvalue weighted by Crippen LogP contribution is 2.37. The van der Waals surface area contributed by atoms with E-state index in [2.05, 4.69) is 15.3 Å². The number of nitrogens with one attached hydrogen (secondary N) is 2. The van der Waals surface area contributed by atoms with Crippen LogP contribution in [-0.4, -0.2) is 29.3 Å². The van der Waals surface area contributed by atoms with Crippen LogP contribution in [0.5, 0.6) is 0 Å². The van der Waals surface area contributed by atoms with E-state index in [0.717, 1.165) is 18.6 Å². The molecule has 0 saturated carbocycles. The Morgan fingerprint density at radius 2 is 1.95 bits per heavy atom. The molecule has 1 aromatic heterocycles. The maximum absolute atomic E-state index is 13.1. The highest BCUT2D eigenvalue weighted by atomic mass is 19.4. The first-order chi connectivity index (χ1) is 10.5. The summed E-state index contributed by atoms with van der Waals surface area (Å²) in [4.78, 5) is 7.88. The molecule has 0 unspecified atom stereocenters. The molecule has 0 spiro atoms. The van der Waals surface area contributed by atoms with Gasteiger partial charge in [0, 0.05) is 24.9 Å². The van der Waals surface area contributed by atoms with E-state index in [1.807, 2.05) is 0 Å². The zero-order valence-corrected chi connectivity index (χ0v) is 11.5. The molecule has 0 radical (unpaired) electrons. The molecule has 0 aliphatic rings. The highest BCUT2D eigenvalue weighted by Gasteiger charge is 2.34. The van der Waals surface area contributed by atoms with E-state index in [0.29, 0.717) is 13.1 Å². The van der Waals surface area contributed by atoms with E-state index in [4.69, 9.17) is 11.1 Å². The van der Waals surface area contributed by atoms with E-state index >= 15 is 0 Å². The molecule has 4 N–H and O–H groups in total. The number of rotatable bonds is 5. The van der Waals surface area contributed by atoms with Crippen molar-refractivity contribution in [1.82, 2.24) is 9.97 Å². The van der Waals surface area contributed by atoms with Crippen molar-refractivity contribution in [2.75, 3.05) is 18.4 Å². The highest BCUT2D eigenvalue weighted by molar-refractivity contribution is 5.93. The van der Waals surface area contributed by atoms with E-state index in [-0.39, 0.29) is 22.6 Å². The van der Waals surface area contributed by atoms with Crippen LogP contribution in [0, 0.1) is 5.41 Å². The lowest BCUT2D eigenvalue weighted by Gasteiger charge is -2.15. The summed E-state index contributed by atoms with van der Waals surface area (Å²) in [6.45, 7) is 0.716. The van der Waals surface area contributed by atoms with Gasteiger partial charge in [-0.3, -0.25) is 0 Å². The number of anilines is 1. The Bertz CT molecular complexity index is 670. The van der Waals surface area contributed by atoms with Crippen LogP contribution in [0.1, 0.15) is 11.1 Å². The summed E-state index contributed by atoms with van der Waals surface area (Å²) >= 11 is 0. The van der Waals surface area contributed by atoms with Gasteiger partial charge in [-0.2, -0.15) is 13.2 Å². The molecule has 5 nitrogen and oxygen atoms in total. The number of nitrogens with zero attached hydrogens (tertiary/aromatic N) is 2. The molecule has 0 saturated heterocycles. The second-order valence-electron chi connectivity index (χ2n) is 4.39. The monoisotopic (exact) mass is 309 g/mol. The Kier molecular flexibility index (Phi) is 4.71. The summed E-state index contributed by atoms with van der Waals surface area (Å²) < 4.78 is 39.4. The number of nitrogens with two attached hydrogens (primary N) is 1. The minimum atomic E-state index is -4.51. The Morgan fingerprint density at radius 1 is 1.23 bits per heavy atom. The molecule has 0 atom stereocenters. The fourth-order valence-electron chi connectivity index (χ4n) is 2.02. The molecule has 116 valence electrons. The Hall–Kier alpha value is -2.48. The molecule has 0 aliphatic carbocycles. The third-order valence-corrected chi connectivity index (χ3v) is 2.95. The van der Waals surface area contributed by atoms with Crippen LogP contribution in [0.15, 0.2) is 30.6 Å². The van der Waals surface area contributed by atoms with Gasteiger partial charge in [0.05, 0.1) is 16.8 Å². The fourth-order valence-corrected chi connectivity index (χ4v) is 2.02. The molecular formula is C14H14F3N5. The van der Waals surface area contributed by atoms with Gasteiger partial charge in [-0.05, 0) is 6.07 Å². The van der Waals surface area contributed by atoms with Crippen molar-refractivity contribution >= 4 is 12.0 Å². The predicted molar refractivity (Wildman–Crippen MR) is 77.9 cm³/mol. The van der Waals surface area contributed by atoms with E-state index in [9.17, 15) is 13.2 Å². The summed E-state index contributed by atoms with van der Waals surface area (Å²) in [6.07, 6.45) is -2.42. The molecule has 1 heterocycles. The van der Waals surface area contributed by atoms with Gasteiger partial charge in [-0.1, -0.05) is 18.2 Å². The topological polar surface area (TPSA) is 87.7 Å². The number of aromatic nitrogens is 2. The first-order valence-corrected chi connectivity index (χ1v) is 6.45. The van der Waals surface area contributed by atoms with Crippen LogP contribution >= 0.6 is 0 Å². The normalized spacial score (nSPS) is 11.3. The lowest BCUT2D eigenvalue weighted by Crippen LogP contribution is -2.16. The second kappa shape index (κ2) is 6.52. The van der Waals surface area contributed by atoms with E-state index < -0.39 is 11.7 Å². The number of hydrogen-bond donors (Lipinski definition) is 3. The molecule has 1 aromatic carbocycles. The molecule has 2 rings (SSSR count). The zero-order chi connectivity index (χ0) is 16.2. The molecule has 0 bridgehead atoms. The van der Waals surface area contributed by atoms with E-state index in [1.54, 1.807) is 0 Å². The van der Waals surface area contributed by atoms with Gasteiger partial charge in [-0.15, -0.1) is 0 Å². The van der Waals surface area contributed by atoms with Crippen LogP contribution < -0.4 is 11.1 Å². The molecule has 8 heteroatoms. The third kappa shape index (κ3) is 3.22. The largest absolute Gasteiger partial charge is 0.417 e. The van der Waals surface area contributed by atoms with Crippen molar-refractivity contribution in [3.05, 3.63) is 41.7 Å². The van der Waals surface area contributed by atoms with Gasteiger partial charge in [0.25, 0.3) is 0 Å². The molecular weight excluding hydrogens is 295 g/mol. The van der Waals surface area contributed by atoms with Crippen molar-refractivity contribution < 1.29 is 13.2 Å². The van der Waals surface area contributed by atoms with Crippen molar-refractivity contribution in [2.24, 2.45) is 5.73 Å². The average molecular weight is 309 g/mol. The van der Waals surface area contributed by atoms with Gasteiger partial charge in [0.2, 0.25) is 0 Å². The summed E-state index contributed by atoms with van der Waals surface area (Å²) in [5, 5.41) is 10.4. The lowest BCUT2D eigenvalue weighted by molar-refractivity contribution is -0.137. The Balaban J connectivity index is 2.61. The van der Waals surface area contributed by atoms with Crippen LogP contribution in [0.2, 0.25) is 0 Å². The maximum Gasteiger partial charge on any atom is 0.417 e. The first kappa shape index (κ1) is 15.9. The Morgan fingerprint density at radius 3 is 2.59 bits per heavy atom. The molecule has 2 aromatic rings. The van der Waals surface area contributed by atoms with Crippen molar-refractivity contribution in [1.29, 1.82) is 5.41 Å². The molecule has 22 heavy (non-hydrogen) atoms. The van der Waals surface area contributed by atoms with Crippen LogP contribution in [0.4, 0.5) is 19.0 Å². The zero-order valence-electron chi connectivity index (χ0n) is 11.5. The fraction of sp³-hybridized carbons (Fsp3) is 0.214. The standard InChI is InChI=1S/C14H14F3N5/c15-14(16,17)11-4-2-1-3-9(11)12-10(7-19)13(20-6-5-18)22-8-21-12/h1-4,7-8,19H,5-6,18H2,(H,20,21,22). The smallest absolute Gasteiger partial charge is 0.368 e. The summed E-state index contributed by atoms with van der Waals surface area (Å²) in [5.41, 5.74) is 4.73. The van der Waals surface area contributed by atoms with E-state index in [1.165, 1.54) is 18.2 Å². The lowest BCUT2D eigenvalue weighted by atomic mass is 10.0. The second-order valence-corrected chi connectivity index (χ2v) is 4.39. The third-order valence-electron chi connectivity index (χ3n) is 2.95. The summed E-state index contributed by atoms with van der Waals surface area (Å²) in [6, 6.07) is 5.11. The van der Waals surface area contributed by atoms with Gasteiger partial charge in [0.15, 0.2) is 0 Å². The SMILES string of the molecule is N=Cc1c(NCCN)ncnc1-c1ccccc1C(F)(F)F.